The van der Waals surface area contributed by atoms with Crippen LogP contribution < -0.4 is 5.32 Å². The number of aromatic nitrogens is 2. The summed E-state index contributed by atoms with van der Waals surface area (Å²) in [6.45, 7) is 4.28. The van der Waals surface area contributed by atoms with E-state index in [1.807, 2.05) is 46.8 Å². The molecule has 1 saturated heterocycles. The van der Waals surface area contributed by atoms with Gasteiger partial charge in [-0.15, -0.1) is 0 Å². The third kappa shape index (κ3) is 4.77. The van der Waals surface area contributed by atoms with Gasteiger partial charge in [-0.2, -0.15) is 0 Å². The van der Waals surface area contributed by atoms with Crippen molar-refractivity contribution in [2.24, 2.45) is 13.0 Å². The normalized spacial score (nSPS) is 18.5. The summed E-state index contributed by atoms with van der Waals surface area (Å²) < 4.78 is 2.11. The number of carbonyl (C=O) groups is 1. The molecule has 26 heavy (non-hydrogen) atoms. The number of nitrogens with one attached hydrogen (secondary N) is 1. The summed E-state index contributed by atoms with van der Waals surface area (Å²) in [7, 11) is 6.04. The monoisotopic (exact) mass is 391 g/mol. The first kappa shape index (κ1) is 19.6. The molecule has 4 nitrogen and oxygen atoms in total. The van der Waals surface area contributed by atoms with Crippen molar-refractivity contribution < 1.29 is 4.79 Å². The highest BCUT2D eigenvalue weighted by Crippen LogP contribution is 2.39. The van der Waals surface area contributed by atoms with Gasteiger partial charge in [0.15, 0.2) is 0 Å². The summed E-state index contributed by atoms with van der Waals surface area (Å²) in [5.41, 5.74) is 2.09. The zero-order valence-electron chi connectivity index (χ0n) is 15.9. The number of imidazole rings is 1. The van der Waals surface area contributed by atoms with Crippen molar-refractivity contribution in [2.45, 2.75) is 57.2 Å². The van der Waals surface area contributed by atoms with Crippen LogP contribution in [0, 0.1) is 5.92 Å². The van der Waals surface area contributed by atoms with Crippen LogP contribution in [0.15, 0.2) is 24.3 Å². The lowest BCUT2D eigenvalue weighted by Crippen LogP contribution is -2.33. The number of unbranched alkanes of at least 4 members (excludes halogenated alkanes) is 1. The molecular formula is C20H29N3OS2. The molecule has 0 saturated carbocycles. The number of nitrogens with zero attached hydrogens (tertiary/aromatic N) is 2. The van der Waals surface area contributed by atoms with E-state index in [0.29, 0.717) is 12.3 Å². The Balaban J connectivity index is 1.57. The van der Waals surface area contributed by atoms with Gasteiger partial charge in [-0.05, 0) is 37.3 Å². The molecule has 1 aromatic carbocycles. The van der Waals surface area contributed by atoms with Crippen LogP contribution in [0.4, 0.5) is 0 Å². The van der Waals surface area contributed by atoms with E-state index in [2.05, 4.69) is 29.8 Å². The van der Waals surface area contributed by atoms with E-state index in [1.54, 1.807) is 0 Å². The first-order chi connectivity index (χ1) is 12.6. The zero-order chi connectivity index (χ0) is 18.5. The van der Waals surface area contributed by atoms with E-state index in [9.17, 15) is 4.79 Å². The number of aryl methyl sites for hydroxylation is 1. The quantitative estimate of drug-likeness (QED) is 0.502. The molecular weight excluding hydrogens is 362 g/mol. The average molecular weight is 392 g/mol. The minimum atomic E-state index is -0.0540. The minimum absolute atomic E-state index is 0.0540. The smallest absolute Gasteiger partial charge is 0.220 e. The summed E-state index contributed by atoms with van der Waals surface area (Å²) in [6, 6.07) is 8.07. The Morgan fingerprint density at radius 3 is 2.85 bits per heavy atom. The van der Waals surface area contributed by atoms with E-state index in [4.69, 9.17) is 4.98 Å². The average Bonchev–Trinajstić information content (AvgIpc) is 3.25. The summed E-state index contributed by atoms with van der Waals surface area (Å²) in [4.78, 5) is 17.3. The molecule has 0 spiro atoms. The molecule has 0 unspecified atom stereocenters. The lowest BCUT2D eigenvalue weighted by atomic mass is 10.0. The molecule has 1 fully saturated rings. The molecule has 0 radical (unpaired) electrons. The number of rotatable bonds is 8. The van der Waals surface area contributed by atoms with Crippen LogP contribution in [-0.2, 0) is 11.8 Å². The number of hydrogen-bond acceptors (Lipinski definition) is 4. The van der Waals surface area contributed by atoms with Gasteiger partial charge in [0.05, 0.1) is 17.1 Å². The molecule has 2 aromatic rings. The topological polar surface area (TPSA) is 46.9 Å². The highest BCUT2D eigenvalue weighted by Gasteiger charge is 2.23. The van der Waals surface area contributed by atoms with Crippen LogP contribution in [0.2, 0.25) is 0 Å². The minimum Gasteiger partial charge on any atom is -0.346 e. The van der Waals surface area contributed by atoms with Gasteiger partial charge >= 0.3 is 0 Å². The Bertz CT molecular complexity index is 738. The van der Waals surface area contributed by atoms with Crippen molar-refractivity contribution in [3.63, 3.8) is 0 Å². The second-order valence-corrected chi connectivity index (χ2v) is 10.2. The zero-order valence-corrected chi connectivity index (χ0v) is 17.5. The number of para-hydroxylation sites is 2. The Morgan fingerprint density at radius 1 is 1.35 bits per heavy atom. The lowest BCUT2D eigenvalue weighted by molar-refractivity contribution is -0.122. The summed E-state index contributed by atoms with van der Waals surface area (Å²) in [5.74, 6) is 2.66. The molecule has 1 amide bonds. The van der Waals surface area contributed by atoms with Crippen molar-refractivity contribution in [1.29, 1.82) is 0 Å². The van der Waals surface area contributed by atoms with Crippen LogP contribution >= 0.6 is 21.6 Å². The Kier molecular flexibility index (Phi) is 6.92. The molecule has 1 aliphatic heterocycles. The summed E-state index contributed by atoms with van der Waals surface area (Å²) >= 11 is 0. The fourth-order valence-corrected chi connectivity index (χ4v) is 6.47. The standard InChI is InChI=1S/C20H29N3OS2/c1-14(2)19(20-21-16-9-5-6-10-17(16)23(20)3)22-18(24)11-7-4-8-15-12-13-25-26-15/h5-6,9-10,14-15,19H,4,7-8,11-13H2,1-3H3,(H,22,24)/t15-,19+/m1/s1. The maximum absolute atomic E-state index is 12.5. The fraction of sp³-hybridized carbons (Fsp3) is 0.600. The number of fused-ring (bicyclic) bond motifs is 1. The molecule has 2 atom stereocenters. The largest absolute Gasteiger partial charge is 0.346 e. The second kappa shape index (κ2) is 9.18. The number of amides is 1. The van der Waals surface area contributed by atoms with Crippen molar-refractivity contribution in [1.82, 2.24) is 14.9 Å². The molecule has 3 rings (SSSR count). The maximum atomic E-state index is 12.5. The van der Waals surface area contributed by atoms with Gasteiger partial charge in [-0.1, -0.05) is 54.0 Å². The second-order valence-electron chi connectivity index (χ2n) is 7.38. The highest BCUT2D eigenvalue weighted by molar-refractivity contribution is 8.77. The van der Waals surface area contributed by atoms with Gasteiger partial charge in [0, 0.05) is 24.5 Å². The number of benzene rings is 1. The summed E-state index contributed by atoms with van der Waals surface area (Å²) in [5, 5.41) is 4.03. The fourth-order valence-electron chi connectivity index (χ4n) is 3.44. The molecule has 1 aromatic heterocycles. The van der Waals surface area contributed by atoms with Crippen molar-refractivity contribution in [2.75, 3.05) is 5.75 Å². The number of carbonyl (C=O) groups excluding carboxylic acids is 1. The molecule has 1 aliphatic rings. The van der Waals surface area contributed by atoms with Crippen molar-refractivity contribution in [3.8, 4) is 0 Å². The van der Waals surface area contributed by atoms with Crippen molar-refractivity contribution in [3.05, 3.63) is 30.1 Å². The lowest BCUT2D eigenvalue weighted by Gasteiger charge is -2.22. The summed E-state index contributed by atoms with van der Waals surface area (Å²) in [6.07, 6.45) is 5.29. The van der Waals surface area contributed by atoms with E-state index in [0.717, 1.165) is 34.9 Å². The van der Waals surface area contributed by atoms with Gasteiger partial charge in [-0.3, -0.25) is 4.79 Å². The van der Waals surface area contributed by atoms with E-state index in [1.165, 1.54) is 18.6 Å². The van der Waals surface area contributed by atoms with Crippen LogP contribution in [0.25, 0.3) is 11.0 Å². The van der Waals surface area contributed by atoms with Gasteiger partial charge in [0.25, 0.3) is 0 Å². The first-order valence-electron chi connectivity index (χ1n) is 9.55. The molecule has 0 bridgehead atoms. The molecule has 142 valence electrons. The molecule has 1 N–H and O–H groups in total. The Morgan fingerprint density at radius 2 is 2.15 bits per heavy atom. The predicted octanol–water partition coefficient (Wildman–Crippen LogP) is 5.10. The van der Waals surface area contributed by atoms with Gasteiger partial charge < -0.3 is 9.88 Å². The van der Waals surface area contributed by atoms with Crippen LogP contribution in [0.3, 0.4) is 0 Å². The van der Waals surface area contributed by atoms with Crippen molar-refractivity contribution >= 4 is 38.5 Å². The first-order valence-corrected chi connectivity index (χ1v) is 11.9. The van der Waals surface area contributed by atoms with E-state index in [-0.39, 0.29) is 11.9 Å². The highest BCUT2D eigenvalue weighted by atomic mass is 33.1. The Labute approximate surface area is 164 Å². The SMILES string of the molecule is CC(C)[C@H](NC(=O)CCCC[C@@H]1CCSS1)c1nc2ccccc2n1C. The maximum Gasteiger partial charge on any atom is 0.220 e. The van der Waals surface area contributed by atoms with Crippen LogP contribution in [0.5, 0.6) is 0 Å². The number of hydrogen-bond donors (Lipinski definition) is 1. The van der Waals surface area contributed by atoms with Gasteiger partial charge in [0.1, 0.15) is 5.82 Å². The van der Waals surface area contributed by atoms with Gasteiger partial charge in [0.2, 0.25) is 5.91 Å². The van der Waals surface area contributed by atoms with E-state index >= 15 is 0 Å². The third-order valence-corrected chi connectivity index (χ3v) is 8.00. The van der Waals surface area contributed by atoms with E-state index < -0.39 is 0 Å². The third-order valence-electron chi connectivity index (χ3n) is 4.99. The van der Waals surface area contributed by atoms with Gasteiger partial charge in [-0.25, -0.2) is 4.98 Å². The molecule has 0 aliphatic carbocycles. The Hall–Kier alpha value is -1.14. The molecule has 6 heteroatoms. The van der Waals surface area contributed by atoms with Crippen LogP contribution in [-0.4, -0.2) is 26.5 Å². The van der Waals surface area contributed by atoms with Crippen LogP contribution in [0.1, 0.15) is 57.8 Å². The predicted molar refractivity (Wildman–Crippen MR) is 113 cm³/mol. The molecule has 2 heterocycles.